The monoisotopic (exact) mass is 384 g/mol. The minimum Gasteiger partial charge on any atom is -0.465 e. The van der Waals surface area contributed by atoms with Crippen molar-refractivity contribution in [2.75, 3.05) is 12.4 Å². The van der Waals surface area contributed by atoms with E-state index in [-0.39, 0.29) is 11.7 Å². The van der Waals surface area contributed by atoms with E-state index in [1.54, 1.807) is 30.3 Å². The average Bonchev–Trinajstić information content (AvgIpc) is 3.02. The third-order valence-electron chi connectivity index (χ3n) is 3.99. The molecule has 0 aliphatic heterocycles. The maximum atomic E-state index is 13.8. The van der Waals surface area contributed by atoms with Crippen LogP contribution in [0.5, 0.6) is 0 Å². The lowest BCUT2D eigenvalue weighted by Gasteiger charge is -2.03. The van der Waals surface area contributed by atoms with Crippen molar-refractivity contribution in [1.29, 1.82) is 0 Å². The molecule has 1 heterocycles. The first-order chi connectivity index (χ1) is 13.0. The number of hydrogen-bond acceptors (Lipinski definition) is 5. The van der Waals surface area contributed by atoms with Gasteiger partial charge in [0.15, 0.2) is 5.13 Å². The lowest BCUT2D eigenvalue weighted by molar-refractivity contribution is 0.0600. The molecule has 0 unspecified atom stereocenters. The van der Waals surface area contributed by atoms with Crippen molar-refractivity contribution < 1.29 is 18.7 Å². The molecule has 0 saturated heterocycles. The van der Waals surface area contributed by atoms with Gasteiger partial charge in [-0.25, -0.2) is 14.2 Å². The van der Waals surface area contributed by atoms with E-state index in [1.807, 2.05) is 6.92 Å². The van der Waals surface area contributed by atoms with Crippen LogP contribution in [0.25, 0.3) is 0 Å². The van der Waals surface area contributed by atoms with Gasteiger partial charge in [0, 0.05) is 16.9 Å². The zero-order valence-electron chi connectivity index (χ0n) is 14.8. The summed E-state index contributed by atoms with van der Waals surface area (Å²) in [5.74, 6) is -1.06. The fraction of sp³-hybridized carbons (Fsp3) is 0.150. The van der Waals surface area contributed by atoms with Crippen LogP contribution in [0.1, 0.15) is 36.9 Å². The van der Waals surface area contributed by atoms with Gasteiger partial charge in [-0.2, -0.15) is 0 Å². The highest BCUT2D eigenvalue weighted by atomic mass is 32.1. The number of benzene rings is 2. The van der Waals surface area contributed by atoms with Crippen LogP contribution in [0.4, 0.5) is 9.52 Å². The molecule has 1 amide bonds. The van der Waals surface area contributed by atoms with Gasteiger partial charge in [-0.05, 0) is 42.8 Å². The van der Waals surface area contributed by atoms with Gasteiger partial charge in [0.25, 0.3) is 5.91 Å². The maximum absolute atomic E-state index is 13.8. The Hall–Kier alpha value is -3.06. The first-order valence-corrected chi connectivity index (χ1v) is 8.99. The number of nitrogens with zero attached hydrogens (tertiary/aromatic N) is 1. The molecular formula is C20H17FN2O3S. The average molecular weight is 384 g/mol. The van der Waals surface area contributed by atoms with Crippen molar-refractivity contribution in [3.05, 3.63) is 81.6 Å². The molecule has 0 fully saturated rings. The number of aryl methyl sites for hydroxylation is 1. The van der Waals surface area contributed by atoms with Crippen LogP contribution in [0, 0.1) is 12.7 Å². The van der Waals surface area contributed by atoms with Crippen molar-refractivity contribution in [3.8, 4) is 0 Å². The molecule has 1 N–H and O–H groups in total. The highest BCUT2D eigenvalue weighted by molar-refractivity contribution is 7.15. The van der Waals surface area contributed by atoms with Gasteiger partial charge in [0.2, 0.25) is 0 Å². The number of esters is 1. The molecule has 0 aliphatic carbocycles. The van der Waals surface area contributed by atoms with Crippen LogP contribution < -0.4 is 5.32 Å². The second kappa shape index (κ2) is 8.09. The van der Waals surface area contributed by atoms with Crippen LogP contribution >= 0.6 is 11.3 Å². The number of carbonyl (C=O) groups is 2. The normalized spacial score (nSPS) is 10.5. The van der Waals surface area contributed by atoms with E-state index in [2.05, 4.69) is 15.0 Å². The summed E-state index contributed by atoms with van der Waals surface area (Å²) >= 11 is 1.31. The van der Waals surface area contributed by atoms with Gasteiger partial charge >= 0.3 is 5.97 Å². The number of thiazole rings is 1. The van der Waals surface area contributed by atoms with Crippen molar-refractivity contribution in [1.82, 2.24) is 4.98 Å². The number of rotatable bonds is 5. The van der Waals surface area contributed by atoms with Gasteiger partial charge in [-0.15, -0.1) is 11.3 Å². The third kappa shape index (κ3) is 4.38. The molecule has 7 heteroatoms. The Morgan fingerprint density at radius 1 is 1.11 bits per heavy atom. The number of halogens is 1. The van der Waals surface area contributed by atoms with E-state index in [0.29, 0.717) is 28.2 Å². The quantitative estimate of drug-likeness (QED) is 0.669. The second-order valence-electron chi connectivity index (χ2n) is 5.82. The molecule has 3 rings (SSSR count). The molecule has 0 radical (unpaired) electrons. The Balaban J connectivity index is 1.72. The Bertz CT molecular complexity index is 983. The Kier molecular flexibility index (Phi) is 5.61. The Labute approximate surface area is 159 Å². The molecule has 1 aromatic heterocycles. The van der Waals surface area contributed by atoms with E-state index < -0.39 is 5.97 Å². The predicted molar refractivity (Wildman–Crippen MR) is 102 cm³/mol. The van der Waals surface area contributed by atoms with Crippen molar-refractivity contribution in [2.45, 2.75) is 13.3 Å². The van der Waals surface area contributed by atoms with Gasteiger partial charge in [-0.3, -0.25) is 10.1 Å². The van der Waals surface area contributed by atoms with E-state index in [4.69, 9.17) is 0 Å². The fourth-order valence-corrected chi connectivity index (χ4v) is 3.49. The minimum absolute atomic E-state index is 0.262. The van der Waals surface area contributed by atoms with Crippen LogP contribution in [0.15, 0.2) is 48.5 Å². The zero-order valence-corrected chi connectivity index (χ0v) is 15.6. The summed E-state index contributed by atoms with van der Waals surface area (Å²) < 4.78 is 18.5. The number of amides is 1. The number of methoxy groups -OCH3 is 1. The first kappa shape index (κ1) is 18.7. The molecule has 0 aliphatic rings. The van der Waals surface area contributed by atoms with E-state index in [1.165, 1.54) is 36.6 Å². The number of nitrogens with one attached hydrogen (secondary N) is 1. The summed E-state index contributed by atoms with van der Waals surface area (Å²) in [6.07, 6.45) is 0.417. The van der Waals surface area contributed by atoms with Gasteiger partial charge in [0.05, 0.1) is 18.4 Å². The number of ether oxygens (including phenoxy) is 1. The van der Waals surface area contributed by atoms with Crippen LogP contribution in [-0.4, -0.2) is 24.0 Å². The molecule has 0 spiro atoms. The molecular weight excluding hydrogens is 367 g/mol. The number of aromatic nitrogens is 1. The first-order valence-electron chi connectivity index (χ1n) is 8.17. The lowest BCUT2D eigenvalue weighted by atomic mass is 10.1. The molecule has 138 valence electrons. The van der Waals surface area contributed by atoms with Gasteiger partial charge in [0.1, 0.15) is 5.82 Å². The largest absolute Gasteiger partial charge is 0.465 e. The summed E-state index contributed by atoms with van der Waals surface area (Å²) in [5, 5.41) is 3.19. The van der Waals surface area contributed by atoms with Gasteiger partial charge < -0.3 is 4.74 Å². The molecule has 5 nitrogen and oxygen atoms in total. The summed E-state index contributed by atoms with van der Waals surface area (Å²) in [7, 11) is 1.30. The summed E-state index contributed by atoms with van der Waals surface area (Å²) in [6.45, 7) is 1.83. The van der Waals surface area contributed by atoms with E-state index in [9.17, 15) is 14.0 Å². The topological polar surface area (TPSA) is 68.3 Å². The molecule has 27 heavy (non-hydrogen) atoms. The maximum Gasteiger partial charge on any atom is 0.337 e. The molecule has 0 saturated carbocycles. The molecule has 0 atom stereocenters. The SMILES string of the molecule is COC(=O)c1ccc(C(=O)Nc2nc(C)c(Cc3ccccc3F)s2)cc1. The highest BCUT2D eigenvalue weighted by Gasteiger charge is 2.14. The smallest absolute Gasteiger partial charge is 0.337 e. The molecule has 2 aromatic carbocycles. The number of hydrogen-bond donors (Lipinski definition) is 1. The zero-order chi connectivity index (χ0) is 19.4. The number of carbonyl (C=O) groups excluding carboxylic acids is 2. The Morgan fingerprint density at radius 2 is 1.78 bits per heavy atom. The summed E-state index contributed by atoms with van der Waals surface area (Å²) in [5.41, 5.74) is 2.09. The molecule has 0 bridgehead atoms. The van der Waals surface area contributed by atoms with Crippen molar-refractivity contribution >= 4 is 28.3 Å². The van der Waals surface area contributed by atoms with Crippen LogP contribution in [0.3, 0.4) is 0 Å². The van der Waals surface area contributed by atoms with Crippen molar-refractivity contribution in [2.24, 2.45) is 0 Å². The Morgan fingerprint density at radius 3 is 2.44 bits per heavy atom. The number of anilines is 1. The fourth-order valence-electron chi connectivity index (χ4n) is 2.51. The summed E-state index contributed by atoms with van der Waals surface area (Å²) in [4.78, 5) is 29.1. The minimum atomic E-state index is -0.463. The van der Waals surface area contributed by atoms with E-state index >= 15 is 0 Å². The van der Waals surface area contributed by atoms with Crippen LogP contribution in [-0.2, 0) is 11.2 Å². The van der Waals surface area contributed by atoms with Crippen LogP contribution in [0.2, 0.25) is 0 Å². The third-order valence-corrected chi connectivity index (χ3v) is 5.06. The highest BCUT2D eigenvalue weighted by Crippen LogP contribution is 2.26. The standard InChI is InChI=1S/C20H17FN2O3S/c1-12-17(11-15-5-3-4-6-16(15)21)27-20(22-12)23-18(24)13-7-9-14(10-8-13)19(25)26-2/h3-10H,11H2,1-2H3,(H,22,23,24). The molecule has 3 aromatic rings. The predicted octanol–water partition coefficient (Wildman–Crippen LogP) is 4.22. The summed E-state index contributed by atoms with van der Waals surface area (Å²) in [6, 6.07) is 12.7. The van der Waals surface area contributed by atoms with Crippen molar-refractivity contribution in [3.63, 3.8) is 0 Å². The van der Waals surface area contributed by atoms with E-state index in [0.717, 1.165) is 10.6 Å². The van der Waals surface area contributed by atoms with Gasteiger partial charge in [-0.1, -0.05) is 18.2 Å². The lowest BCUT2D eigenvalue weighted by Crippen LogP contribution is -2.12. The second-order valence-corrected chi connectivity index (χ2v) is 6.90.